The Bertz CT molecular complexity index is 101. The van der Waals surface area contributed by atoms with Gasteiger partial charge >= 0.3 is 0 Å². The van der Waals surface area contributed by atoms with E-state index in [9.17, 15) is 0 Å². The summed E-state index contributed by atoms with van der Waals surface area (Å²) < 4.78 is 0. The van der Waals surface area contributed by atoms with Crippen LogP contribution in [0.4, 0.5) is 0 Å². The summed E-state index contributed by atoms with van der Waals surface area (Å²) >= 11 is 0. The van der Waals surface area contributed by atoms with Crippen molar-refractivity contribution in [3.63, 3.8) is 0 Å². The molecule has 65 valence electrons. The van der Waals surface area contributed by atoms with Crippen molar-refractivity contribution >= 4 is 11.9 Å². The van der Waals surface area contributed by atoms with Crippen LogP contribution in [0.25, 0.3) is 0 Å². The summed E-state index contributed by atoms with van der Waals surface area (Å²) in [7, 11) is 0. The van der Waals surface area contributed by atoms with Gasteiger partial charge in [0.05, 0.1) is 5.97 Å². The molecule has 2 N–H and O–H groups in total. The number of nitrogens with two attached hydrogens (primary N) is 1. The van der Waals surface area contributed by atoms with Crippen LogP contribution >= 0.6 is 0 Å². The maximum absolute atomic E-state index is 9.13. The Labute approximate surface area is 73.7 Å². The molecule has 0 spiro atoms. The molecule has 0 aliphatic rings. The average molecular weight is 241 g/mol. The molecule has 0 aromatic heterocycles. The Morgan fingerprint density at radius 3 is 1.50 bits per heavy atom. The van der Waals surface area contributed by atoms with E-state index < -0.39 is 11.9 Å². The molecule has 0 aromatic carbocycles. The molecule has 0 fully saturated rings. The number of carboxylic acids is 2. The van der Waals surface area contributed by atoms with Gasteiger partial charge in [-0.05, 0) is 6.92 Å². The van der Waals surface area contributed by atoms with E-state index in [0.29, 0.717) is 0 Å². The van der Waals surface area contributed by atoms with E-state index in [1.807, 2.05) is 0 Å². The molecule has 0 aliphatic heterocycles. The van der Waals surface area contributed by atoms with E-state index in [4.69, 9.17) is 19.8 Å². The number of carbonyl (C=O) groups excluding carboxylic acids is 2. The van der Waals surface area contributed by atoms with E-state index in [2.05, 4.69) is 5.73 Å². The molecule has 5 nitrogen and oxygen atoms in total. The fraction of sp³-hybridized carbons (Fsp3) is 0.500. The predicted octanol–water partition coefficient (Wildman–Crippen LogP) is -3.55. The van der Waals surface area contributed by atoms with Crippen LogP contribution in [0.1, 0.15) is 6.92 Å². The van der Waals surface area contributed by atoms with E-state index in [-0.39, 0.29) is 28.9 Å². The predicted molar refractivity (Wildman–Crippen MR) is 24.7 cm³/mol. The number of hydrogen-bond acceptors (Lipinski definition) is 5. The van der Waals surface area contributed by atoms with Gasteiger partial charge in [-0.3, -0.25) is 0 Å². The standard InChI is InChI=1S/C2H5NO2.C2H4O2.Ag/c3-1-2(4)5;1-2(3)4;/h1,3H2,(H,4,5);1H3,(H,3,4);/p-2. The molecule has 6 heteroatoms. The van der Waals surface area contributed by atoms with Gasteiger partial charge < -0.3 is 25.5 Å². The van der Waals surface area contributed by atoms with Gasteiger partial charge in [0.15, 0.2) is 0 Å². The molecule has 10 heavy (non-hydrogen) atoms. The second kappa shape index (κ2) is 11.4. The van der Waals surface area contributed by atoms with Crippen molar-refractivity contribution in [2.24, 2.45) is 5.73 Å². The molecule has 0 heterocycles. The molecular formula is C4H7AgNO4-2. The van der Waals surface area contributed by atoms with Gasteiger partial charge in [0.2, 0.25) is 0 Å². The van der Waals surface area contributed by atoms with Crippen LogP contribution in [0, 0.1) is 0 Å². The SMILES string of the molecule is CC(=O)[O-].NCC(=O)[O-].[Ag]. The number of hydrogen-bond donors (Lipinski definition) is 1. The first-order valence-electron chi connectivity index (χ1n) is 2.08. The quantitative estimate of drug-likeness (QED) is 0.478. The van der Waals surface area contributed by atoms with Crippen LogP contribution in [-0.4, -0.2) is 18.5 Å². The van der Waals surface area contributed by atoms with Gasteiger partial charge in [-0.25, -0.2) is 0 Å². The second-order valence-corrected chi connectivity index (χ2v) is 1.07. The van der Waals surface area contributed by atoms with Crippen molar-refractivity contribution in [2.45, 2.75) is 6.92 Å². The largest absolute Gasteiger partial charge is 0.550 e. The van der Waals surface area contributed by atoms with Gasteiger partial charge in [-0.15, -0.1) is 0 Å². The van der Waals surface area contributed by atoms with Crippen molar-refractivity contribution in [1.29, 1.82) is 0 Å². The molecule has 0 aromatic rings. The molecular weight excluding hydrogens is 234 g/mol. The van der Waals surface area contributed by atoms with Crippen molar-refractivity contribution in [3.8, 4) is 0 Å². The minimum absolute atomic E-state index is 0. The molecule has 0 aliphatic carbocycles. The van der Waals surface area contributed by atoms with Gasteiger partial charge in [0, 0.05) is 34.9 Å². The zero-order chi connectivity index (χ0) is 7.86. The summed E-state index contributed by atoms with van der Waals surface area (Å²) in [5.74, 6) is -2.30. The third-order valence-electron chi connectivity index (χ3n) is 0.167. The van der Waals surface area contributed by atoms with Gasteiger partial charge in [0.1, 0.15) is 0 Å². The number of carboxylic acid groups (broad SMARTS) is 2. The summed E-state index contributed by atoms with van der Waals surface area (Å²) in [5.41, 5.74) is 4.51. The maximum atomic E-state index is 9.13. The molecule has 0 rings (SSSR count). The zero-order valence-corrected chi connectivity index (χ0v) is 6.70. The molecule has 0 saturated carbocycles. The first-order chi connectivity index (χ1) is 4.00. The normalized spacial score (nSPS) is 6.20. The summed E-state index contributed by atoms with van der Waals surface area (Å²) in [5, 5.41) is 18.0. The molecule has 0 saturated heterocycles. The Morgan fingerprint density at radius 2 is 1.50 bits per heavy atom. The Balaban J connectivity index is -0.0000000910. The Kier molecular flexibility index (Phi) is 18.7. The summed E-state index contributed by atoms with van der Waals surface area (Å²) in [6.07, 6.45) is 0. The van der Waals surface area contributed by atoms with Gasteiger partial charge in [-0.2, -0.15) is 0 Å². The van der Waals surface area contributed by atoms with Crippen LogP contribution in [0.15, 0.2) is 0 Å². The maximum Gasteiger partial charge on any atom is 0.0550 e. The van der Waals surface area contributed by atoms with Crippen LogP contribution in [0.2, 0.25) is 0 Å². The second-order valence-electron chi connectivity index (χ2n) is 1.07. The molecule has 0 unspecified atom stereocenters. The monoisotopic (exact) mass is 240 g/mol. The van der Waals surface area contributed by atoms with E-state index in [0.717, 1.165) is 6.92 Å². The smallest absolute Gasteiger partial charge is 0.0550 e. The Morgan fingerprint density at radius 1 is 1.40 bits per heavy atom. The van der Waals surface area contributed by atoms with Crippen LogP contribution in [-0.2, 0) is 32.0 Å². The first-order valence-corrected chi connectivity index (χ1v) is 2.08. The summed E-state index contributed by atoms with van der Waals surface area (Å²) in [6.45, 7) is 0.583. The van der Waals surface area contributed by atoms with Crippen LogP contribution in [0.5, 0.6) is 0 Å². The summed E-state index contributed by atoms with van der Waals surface area (Å²) in [4.78, 5) is 18.0. The third kappa shape index (κ3) is 125. The zero-order valence-electron chi connectivity index (χ0n) is 5.22. The number of rotatable bonds is 1. The molecule has 1 radical (unpaired) electrons. The van der Waals surface area contributed by atoms with Crippen LogP contribution in [0.3, 0.4) is 0 Å². The average Bonchev–Trinajstić information content (AvgIpc) is 1.65. The van der Waals surface area contributed by atoms with Crippen molar-refractivity contribution in [3.05, 3.63) is 0 Å². The van der Waals surface area contributed by atoms with Gasteiger partial charge in [-0.1, -0.05) is 0 Å². The first kappa shape index (κ1) is 16.3. The molecule has 0 amide bonds. The third-order valence-corrected chi connectivity index (χ3v) is 0.167. The Hall–Kier alpha value is -0.360. The minimum atomic E-state index is -1.22. The van der Waals surface area contributed by atoms with Crippen molar-refractivity contribution in [2.75, 3.05) is 6.54 Å². The minimum Gasteiger partial charge on any atom is -0.550 e. The van der Waals surface area contributed by atoms with E-state index in [1.54, 1.807) is 0 Å². The fourth-order valence-electron chi connectivity index (χ4n) is 0. The van der Waals surface area contributed by atoms with Crippen molar-refractivity contribution in [1.82, 2.24) is 0 Å². The number of aliphatic carboxylic acids is 2. The van der Waals surface area contributed by atoms with E-state index in [1.165, 1.54) is 0 Å². The topological polar surface area (TPSA) is 106 Å². The van der Waals surface area contributed by atoms with Crippen molar-refractivity contribution < 1.29 is 42.2 Å². The summed E-state index contributed by atoms with van der Waals surface area (Å²) in [6, 6.07) is 0. The van der Waals surface area contributed by atoms with Crippen LogP contribution < -0.4 is 15.9 Å². The molecule has 0 atom stereocenters. The number of carbonyl (C=O) groups is 2. The fourth-order valence-corrected chi connectivity index (χ4v) is 0. The van der Waals surface area contributed by atoms with Gasteiger partial charge in [0.25, 0.3) is 0 Å². The van der Waals surface area contributed by atoms with E-state index >= 15 is 0 Å². The molecule has 0 bridgehead atoms.